The van der Waals surface area contributed by atoms with Crippen molar-refractivity contribution in [2.45, 2.75) is 19.9 Å². The standard InChI is InChI=1S/C18H20BrClN2O2/c1-11-4-6-14(20)9-16(11)22-18(23)10-21-12(2)13-5-7-17(24-3)15(19)8-13/h4-9,12,21H,10H2,1-3H3,(H,22,23)/t12-/m0/s1. The SMILES string of the molecule is COc1ccc([C@H](C)NCC(=O)Nc2cc(Cl)ccc2C)cc1Br. The molecule has 0 unspecified atom stereocenters. The Bertz CT molecular complexity index is 737. The molecule has 128 valence electrons. The van der Waals surface area contributed by atoms with Crippen molar-refractivity contribution >= 4 is 39.1 Å². The van der Waals surface area contributed by atoms with E-state index in [0.29, 0.717) is 5.02 Å². The van der Waals surface area contributed by atoms with Gasteiger partial charge in [0.1, 0.15) is 5.75 Å². The van der Waals surface area contributed by atoms with E-state index in [1.807, 2.05) is 38.1 Å². The second-order valence-corrected chi connectivity index (χ2v) is 6.79. The number of amides is 1. The number of ether oxygens (including phenoxy) is 1. The largest absolute Gasteiger partial charge is 0.496 e. The number of hydrogen-bond donors (Lipinski definition) is 2. The smallest absolute Gasteiger partial charge is 0.238 e. The minimum atomic E-state index is -0.111. The highest BCUT2D eigenvalue weighted by molar-refractivity contribution is 9.10. The first-order valence-corrected chi connectivity index (χ1v) is 8.70. The Morgan fingerprint density at radius 3 is 2.71 bits per heavy atom. The van der Waals surface area contributed by atoms with Crippen LogP contribution in [0.4, 0.5) is 5.69 Å². The number of hydrogen-bond acceptors (Lipinski definition) is 3. The van der Waals surface area contributed by atoms with Crippen LogP contribution in [0.15, 0.2) is 40.9 Å². The van der Waals surface area contributed by atoms with E-state index in [4.69, 9.17) is 16.3 Å². The maximum absolute atomic E-state index is 12.1. The average Bonchev–Trinajstić information content (AvgIpc) is 2.56. The van der Waals surface area contributed by atoms with Gasteiger partial charge in [0.25, 0.3) is 0 Å². The Morgan fingerprint density at radius 1 is 1.29 bits per heavy atom. The fraction of sp³-hybridized carbons (Fsp3) is 0.278. The van der Waals surface area contributed by atoms with Crippen molar-refractivity contribution in [1.82, 2.24) is 5.32 Å². The highest BCUT2D eigenvalue weighted by atomic mass is 79.9. The van der Waals surface area contributed by atoms with Crippen LogP contribution in [-0.2, 0) is 4.79 Å². The molecule has 0 heterocycles. The summed E-state index contributed by atoms with van der Waals surface area (Å²) in [5.41, 5.74) is 2.77. The van der Waals surface area contributed by atoms with E-state index < -0.39 is 0 Å². The van der Waals surface area contributed by atoms with Crippen LogP contribution in [-0.4, -0.2) is 19.6 Å². The summed E-state index contributed by atoms with van der Waals surface area (Å²) in [6.45, 7) is 4.14. The molecule has 0 aromatic heterocycles. The predicted molar refractivity (Wildman–Crippen MR) is 102 cm³/mol. The molecule has 0 aliphatic rings. The van der Waals surface area contributed by atoms with E-state index in [9.17, 15) is 4.79 Å². The highest BCUT2D eigenvalue weighted by Crippen LogP contribution is 2.28. The van der Waals surface area contributed by atoms with Gasteiger partial charge in [-0.25, -0.2) is 0 Å². The second-order valence-electron chi connectivity index (χ2n) is 5.50. The highest BCUT2D eigenvalue weighted by Gasteiger charge is 2.11. The lowest BCUT2D eigenvalue weighted by Crippen LogP contribution is -2.30. The van der Waals surface area contributed by atoms with E-state index in [2.05, 4.69) is 26.6 Å². The fourth-order valence-corrected chi connectivity index (χ4v) is 2.97. The molecule has 0 bridgehead atoms. The molecule has 0 aliphatic heterocycles. The molecule has 6 heteroatoms. The van der Waals surface area contributed by atoms with Crippen LogP contribution < -0.4 is 15.4 Å². The third-order valence-electron chi connectivity index (χ3n) is 3.72. The van der Waals surface area contributed by atoms with Gasteiger partial charge in [0.2, 0.25) is 5.91 Å². The van der Waals surface area contributed by atoms with E-state index in [-0.39, 0.29) is 18.5 Å². The van der Waals surface area contributed by atoms with Gasteiger partial charge < -0.3 is 15.4 Å². The minimum Gasteiger partial charge on any atom is -0.496 e. The topological polar surface area (TPSA) is 50.4 Å². The molecule has 0 fully saturated rings. The third-order valence-corrected chi connectivity index (χ3v) is 4.57. The van der Waals surface area contributed by atoms with Gasteiger partial charge in [0, 0.05) is 16.8 Å². The molecule has 2 aromatic rings. The third kappa shape index (κ3) is 4.97. The Balaban J connectivity index is 1.93. The summed E-state index contributed by atoms with van der Waals surface area (Å²) in [4.78, 5) is 12.1. The van der Waals surface area contributed by atoms with Crippen molar-refractivity contribution < 1.29 is 9.53 Å². The monoisotopic (exact) mass is 410 g/mol. The molecule has 1 amide bonds. The molecule has 0 spiro atoms. The lowest BCUT2D eigenvalue weighted by atomic mass is 10.1. The van der Waals surface area contributed by atoms with Gasteiger partial charge in [-0.1, -0.05) is 23.7 Å². The molecule has 2 N–H and O–H groups in total. The molecule has 4 nitrogen and oxygen atoms in total. The quantitative estimate of drug-likeness (QED) is 0.724. The zero-order valence-electron chi connectivity index (χ0n) is 13.8. The molecule has 0 aliphatic carbocycles. The molecule has 0 radical (unpaired) electrons. The fourth-order valence-electron chi connectivity index (χ4n) is 2.24. The molecular weight excluding hydrogens is 392 g/mol. The van der Waals surface area contributed by atoms with E-state index >= 15 is 0 Å². The van der Waals surface area contributed by atoms with Crippen molar-refractivity contribution in [3.8, 4) is 5.75 Å². The lowest BCUT2D eigenvalue weighted by Gasteiger charge is -2.16. The number of methoxy groups -OCH3 is 1. The van der Waals surface area contributed by atoms with Crippen LogP contribution in [0.2, 0.25) is 5.02 Å². The summed E-state index contributed by atoms with van der Waals surface area (Å²) >= 11 is 9.44. The lowest BCUT2D eigenvalue weighted by molar-refractivity contribution is -0.115. The van der Waals surface area contributed by atoms with Crippen molar-refractivity contribution in [2.75, 3.05) is 19.0 Å². The van der Waals surface area contributed by atoms with E-state index in [1.54, 1.807) is 19.2 Å². The number of aryl methyl sites for hydroxylation is 1. The Labute approximate surface area is 155 Å². The second kappa shape index (κ2) is 8.51. The maximum atomic E-state index is 12.1. The van der Waals surface area contributed by atoms with Gasteiger partial charge in [0.15, 0.2) is 0 Å². The molecular formula is C18H20BrClN2O2. The van der Waals surface area contributed by atoms with Gasteiger partial charge in [0.05, 0.1) is 18.1 Å². The predicted octanol–water partition coefficient (Wildman–Crippen LogP) is 4.71. The number of carbonyl (C=O) groups excluding carboxylic acids is 1. The van der Waals surface area contributed by atoms with Gasteiger partial charge in [-0.05, 0) is 65.2 Å². The van der Waals surface area contributed by atoms with E-state index in [0.717, 1.165) is 27.0 Å². The van der Waals surface area contributed by atoms with Gasteiger partial charge in [-0.2, -0.15) is 0 Å². The van der Waals surface area contributed by atoms with Crippen molar-refractivity contribution in [2.24, 2.45) is 0 Å². The first-order valence-electron chi connectivity index (χ1n) is 7.53. The Morgan fingerprint density at radius 2 is 2.04 bits per heavy atom. The van der Waals surface area contributed by atoms with Crippen molar-refractivity contribution in [1.29, 1.82) is 0 Å². The van der Waals surface area contributed by atoms with Crippen LogP contribution in [0, 0.1) is 6.92 Å². The van der Waals surface area contributed by atoms with Crippen LogP contribution in [0.5, 0.6) is 5.75 Å². The molecule has 2 rings (SSSR count). The molecule has 2 aromatic carbocycles. The van der Waals surface area contributed by atoms with Crippen LogP contribution in [0.1, 0.15) is 24.1 Å². The first kappa shape index (κ1) is 18.8. The zero-order valence-corrected chi connectivity index (χ0v) is 16.2. The molecule has 1 atom stereocenters. The van der Waals surface area contributed by atoms with E-state index in [1.165, 1.54) is 0 Å². The maximum Gasteiger partial charge on any atom is 0.238 e. The molecule has 0 saturated carbocycles. The Hall–Kier alpha value is -1.56. The van der Waals surface area contributed by atoms with Crippen LogP contribution in [0.25, 0.3) is 0 Å². The summed E-state index contributed by atoms with van der Waals surface area (Å²) in [7, 11) is 1.63. The summed E-state index contributed by atoms with van der Waals surface area (Å²) in [5, 5.41) is 6.68. The zero-order chi connectivity index (χ0) is 17.7. The van der Waals surface area contributed by atoms with Crippen molar-refractivity contribution in [3.63, 3.8) is 0 Å². The summed E-state index contributed by atoms with van der Waals surface area (Å²) in [5.74, 6) is 0.667. The average molecular weight is 412 g/mol. The Kier molecular flexibility index (Phi) is 6.66. The first-order chi connectivity index (χ1) is 11.4. The minimum absolute atomic E-state index is 0.0263. The van der Waals surface area contributed by atoms with Crippen LogP contribution in [0.3, 0.4) is 0 Å². The summed E-state index contributed by atoms with van der Waals surface area (Å²) < 4.78 is 6.11. The van der Waals surface area contributed by atoms with Crippen LogP contribution >= 0.6 is 27.5 Å². The number of rotatable bonds is 6. The van der Waals surface area contributed by atoms with Gasteiger partial charge in [-0.15, -0.1) is 0 Å². The number of halogens is 2. The summed E-state index contributed by atoms with van der Waals surface area (Å²) in [6.07, 6.45) is 0. The normalized spacial score (nSPS) is 11.9. The van der Waals surface area contributed by atoms with Gasteiger partial charge in [-0.3, -0.25) is 4.79 Å². The number of nitrogens with one attached hydrogen (secondary N) is 2. The number of anilines is 1. The van der Waals surface area contributed by atoms with Gasteiger partial charge >= 0.3 is 0 Å². The molecule has 0 saturated heterocycles. The van der Waals surface area contributed by atoms with Crippen molar-refractivity contribution in [3.05, 3.63) is 57.0 Å². The number of carbonyl (C=O) groups is 1. The molecule has 24 heavy (non-hydrogen) atoms. The summed E-state index contributed by atoms with van der Waals surface area (Å²) in [6, 6.07) is 11.3. The number of benzene rings is 2.